The minimum Gasteiger partial charge on any atom is -0.491 e. The highest BCUT2D eigenvalue weighted by Gasteiger charge is 2.31. The number of ether oxygens (including phenoxy) is 2. The number of carbonyl (C=O) groups is 1. The molecule has 0 bridgehead atoms. The van der Waals surface area contributed by atoms with Gasteiger partial charge in [-0.05, 0) is 42.5 Å². The molecule has 1 unspecified atom stereocenters. The molecule has 3 rings (SSSR count). The number of hydrogen-bond acceptors (Lipinski definition) is 3. The molecule has 1 aliphatic rings. The Morgan fingerprint density at radius 2 is 1.93 bits per heavy atom. The van der Waals surface area contributed by atoms with Crippen molar-refractivity contribution in [3.05, 3.63) is 65.5 Å². The van der Waals surface area contributed by atoms with Crippen molar-refractivity contribution in [3.8, 4) is 5.75 Å². The summed E-state index contributed by atoms with van der Waals surface area (Å²) < 4.78 is 62.2. The van der Waals surface area contributed by atoms with E-state index in [1.807, 2.05) is 0 Å². The van der Waals surface area contributed by atoms with Gasteiger partial charge in [-0.2, -0.15) is 13.2 Å². The van der Waals surface area contributed by atoms with Crippen LogP contribution in [-0.4, -0.2) is 43.2 Å². The summed E-state index contributed by atoms with van der Waals surface area (Å²) >= 11 is 0. The van der Waals surface area contributed by atoms with Crippen molar-refractivity contribution in [3.63, 3.8) is 0 Å². The molecule has 1 heterocycles. The number of nitrogens with zero attached hydrogens (tertiary/aromatic N) is 1. The van der Waals surface area contributed by atoms with Gasteiger partial charge in [-0.3, -0.25) is 4.79 Å². The first kappa shape index (κ1) is 19.2. The first-order chi connectivity index (χ1) is 12.8. The zero-order chi connectivity index (χ0) is 19.4. The van der Waals surface area contributed by atoms with Crippen molar-refractivity contribution < 1.29 is 31.8 Å². The van der Waals surface area contributed by atoms with E-state index in [-0.39, 0.29) is 31.4 Å². The molecule has 0 aliphatic carbocycles. The lowest BCUT2D eigenvalue weighted by Crippen LogP contribution is -2.47. The minimum atomic E-state index is -4.45. The standard InChI is InChI=1S/C19H17F4NO3/c20-15-6-4-13(5-7-15)18(25)24-8-9-26-17(11-24)12-27-16-3-1-2-14(10-16)19(21,22)23/h1-7,10,17H,8-9,11-12H2. The Balaban J connectivity index is 1.59. The summed E-state index contributed by atoms with van der Waals surface area (Å²) in [5, 5.41) is 0. The van der Waals surface area contributed by atoms with Crippen molar-refractivity contribution in [2.75, 3.05) is 26.3 Å². The highest BCUT2D eigenvalue weighted by atomic mass is 19.4. The maximum Gasteiger partial charge on any atom is 0.416 e. The lowest BCUT2D eigenvalue weighted by molar-refractivity contribution is -0.137. The van der Waals surface area contributed by atoms with Gasteiger partial charge in [0.2, 0.25) is 0 Å². The van der Waals surface area contributed by atoms with Crippen LogP contribution >= 0.6 is 0 Å². The SMILES string of the molecule is O=C(c1ccc(F)cc1)N1CCOC(COc2cccc(C(F)(F)F)c2)C1. The number of alkyl halides is 3. The Labute approximate surface area is 153 Å². The second kappa shape index (κ2) is 7.96. The molecule has 0 saturated carbocycles. The molecule has 4 nitrogen and oxygen atoms in total. The molecule has 144 valence electrons. The molecule has 0 radical (unpaired) electrons. The van der Waals surface area contributed by atoms with Crippen molar-refractivity contribution in [1.29, 1.82) is 0 Å². The van der Waals surface area contributed by atoms with E-state index in [1.165, 1.54) is 36.4 Å². The van der Waals surface area contributed by atoms with Gasteiger partial charge < -0.3 is 14.4 Å². The second-order valence-corrected chi connectivity index (χ2v) is 6.09. The highest BCUT2D eigenvalue weighted by Crippen LogP contribution is 2.31. The molecule has 0 N–H and O–H groups in total. The maximum absolute atomic E-state index is 13.0. The van der Waals surface area contributed by atoms with E-state index in [2.05, 4.69) is 0 Å². The van der Waals surface area contributed by atoms with Crippen molar-refractivity contribution in [1.82, 2.24) is 4.90 Å². The molecule has 2 aromatic rings. The summed E-state index contributed by atoms with van der Waals surface area (Å²) in [6.45, 7) is 0.892. The summed E-state index contributed by atoms with van der Waals surface area (Å²) in [5.41, 5.74) is -0.437. The average molecular weight is 383 g/mol. The molecule has 1 amide bonds. The molecule has 1 atom stereocenters. The largest absolute Gasteiger partial charge is 0.491 e. The van der Waals surface area contributed by atoms with E-state index >= 15 is 0 Å². The monoisotopic (exact) mass is 383 g/mol. The summed E-state index contributed by atoms with van der Waals surface area (Å²) in [6.07, 6.45) is -4.92. The average Bonchev–Trinajstić information content (AvgIpc) is 2.66. The molecule has 1 saturated heterocycles. The molecular weight excluding hydrogens is 366 g/mol. The number of hydrogen-bond donors (Lipinski definition) is 0. The van der Waals surface area contributed by atoms with Crippen LogP contribution in [0.2, 0.25) is 0 Å². The summed E-state index contributed by atoms with van der Waals surface area (Å²) in [4.78, 5) is 14.0. The number of halogens is 4. The van der Waals surface area contributed by atoms with E-state index < -0.39 is 23.7 Å². The summed E-state index contributed by atoms with van der Waals surface area (Å²) in [7, 11) is 0. The third kappa shape index (κ3) is 4.97. The van der Waals surface area contributed by atoms with Crippen LogP contribution in [0.1, 0.15) is 15.9 Å². The minimum absolute atomic E-state index is 0.00844. The fraction of sp³-hybridized carbons (Fsp3) is 0.316. The van der Waals surface area contributed by atoms with Crippen LogP contribution in [0.4, 0.5) is 17.6 Å². The fourth-order valence-corrected chi connectivity index (χ4v) is 2.73. The molecule has 8 heteroatoms. The lowest BCUT2D eigenvalue weighted by atomic mass is 10.1. The Morgan fingerprint density at radius 1 is 1.19 bits per heavy atom. The van der Waals surface area contributed by atoms with Gasteiger partial charge in [-0.1, -0.05) is 6.07 Å². The molecule has 1 aliphatic heterocycles. The smallest absolute Gasteiger partial charge is 0.416 e. The van der Waals surface area contributed by atoms with Crippen molar-refractivity contribution >= 4 is 5.91 Å². The molecule has 0 spiro atoms. The Bertz CT molecular complexity index is 792. The van der Waals surface area contributed by atoms with Crippen molar-refractivity contribution in [2.24, 2.45) is 0 Å². The highest BCUT2D eigenvalue weighted by molar-refractivity contribution is 5.94. The van der Waals surface area contributed by atoms with Gasteiger partial charge in [0.25, 0.3) is 5.91 Å². The molecule has 2 aromatic carbocycles. The maximum atomic E-state index is 13.0. The van der Waals surface area contributed by atoms with Crippen LogP contribution in [0.3, 0.4) is 0 Å². The molecule has 27 heavy (non-hydrogen) atoms. The predicted octanol–water partition coefficient (Wildman–Crippen LogP) is 3.76. The predicted molar refractivity (Wildman–Crippen MR) is 89.0 cm³/mol. The third-order valence-corrected chi connectivity index (χ3v) is 4.11. The number of benzene rings is 2. The Kier molecular flexibility index (Phi) is 5.65. The van der Waals surface area contributed by atoms with Gasteiger partial charge in [0, 0.05) is 12.1 Å². The molecular formula is C19H17F4NO3. The molecule has 1 fully saturated rings. The molecule has 0 aromatic heterocycles. The van der Waals surface area contributed by atoms with Crippen LogP contribution in [0, 0.1) is 5.82 Å². The quantitative estimate of drug-likeness (QED) is 0.755. The van der Waals surface area contributed by atoms with Gasteiger partial charge in [0.1, 0.15) is 24.3 Å². The van der Waals surface area contributed by atoms with E-state index in [0.717, 1.165) is 12.1 Å². The summed E-state index contributed by atoms with van der Waals surface area (Å²) in [5.74, 6) is -0.612. The fourth-order valence-electron chi connectivity index (χ4n) is 2.73. The first-order valence-electron chi connectivity index (χ1n) is 8.29. The van der Waals surface area contributed by atoms with Crippen LogP contribution in [0.5, 0.6) is 5.75 Å². The number of carbonyl (C=O) groups excluding carboxylic acids is 1. The van der Waals surface area contributed by atoms with Gasteiger partial charge in [-0.15, -0.1) is 0 Å². The van der Waals surface area contributed by atoms with E-state index in [9.17, 15) is 22.4 Å². The zero-order valence-corrected chi connectivity index (χ0v) is 14.2. The third-order valence-electron chi connectivity index (χ3n) is 4.11. The van der Waals surface area contributed by atoms with E-state index in [0.29, 0.717) is 12.1 Å². The van der Waals surface area contributed by atoms with Gasteiger partial charge in [0.05, 0.1) is 18.7 Å². The first-order valence-corrected chi connectivity index (χ1v) is 8.29. The van der Waals surface area contributed by atoms with E-state index in [1.54, 1.807) is 4.90 Å². The number of amides is 1. The van der Waals surface area contributed by atoms with Crippen LogP contribution in [0.25, 0.3) is 0 Å². The van der Waals surface area contributed by atoms with Crippen LogP contribution < -0.4 is 4.74 Å². The van der Waals surface area contributed by atoms with Crippen LogP contribution in [0.15, 0.2) is 48.5 Å². The topological polar surface area (TPSA) is 38.8 Å². The van der Waals surface area contributed by atoms with Crippen LogP contribution in [-0.2, 0) is 10.9 Å². The normalized spacial score (nSPS) is 17.6. The van der Waals surface area contributed by atoms with Gasteiger partial charge in [-0.25, -0.2) is 4.39 Å². The number of morpholine rings is 1. The van der Waals surface area contributed by atoms with Crippen molar-refractivity contribution in [2.45, 2.75) is 12.3 Å². The summed E-state index contributed by atoms with van der Waals surface area (Å²) in [6, 6.07) is 9.81. The van der Waals surface area contributed by atoms with Gasteiger partial charge >= 0.3 is 6.18 Å². The number of rotatable bonds is 4. The Hall–Kier alpha value is -2.61. The van der Waals surface area contributed by atoms with Gasteiger partial charge in [0.15, 0.2) is 0 Å². The lowest BCUT2D eigenvalue weighted by Gasteiger charge is -2.33. The zero-order valence-electron chi connectivity index (χ0n) is 14.2. The van der Waals surface area contributed by atoms with E-state index in [4.69, 9.17) is 9.47 Å². The second-order valence-electron chi connectivity index (χ2n) is 6.09. The Morgan fingerprint density at radius 3 is 2.63 bits per heavy atom.